The van der Waals surface area contributed by atoms with Gasteiger partial charge in [-0.1, -0.05) is 44.2 Å². The zero-order chi connectivity index (χ0) is 18.8. The van der Waals surface area contributed by atoms with E-state index in [0.717, 1.165) is 37.3 Å². The van der Waals surface area contributed by atoms with Crippen LogP contribution in [-0.4, -0.2) is 49.2 Å². The van der Waals surface area contributed by atoms with Gasteiger partial charge in [0.1, 0.15) is 11.5 Å². The predicted molar refractivity (Wildman–Crippen MR) is 104 cm³/mol. The summed E-state index contributed by atoms with van der Waals surface area (Å²) in [5, 5.41) is 2.84. The smallest absolute Gasteiger partial charge is 0.270 e. The number of anilines is 1. The van der Waals surface area contributed by atoms with Gasteiger partial charge in [-0.3, -0.25) is 4.79 Å². The molecule has 140 valence electrons. The first-order valence-corrected chi connectivity index (χ1v) is 9.16. The summed E-state index contributed by atoms with van der Waals surface area (Å²) in [5.74, 6) is 1.15. The molecule has 0 bridgehead atoms. The third-order valence-corrected chi connectivity index (χ3v) is 3.88. The number of benzene rings is 1. The molecule has 2 rings (SSSR count). The average molecular weight is 356 g/mol. The number of methoxy groups -OCH3 is 1. The minimum Gasteiger partial charge on any atom is -0.383 e. The van der Waals surface area contributed by atoms with E-state index in [1.807, 2.05) is 30.3 Å². The van der Waals surface area contributed by atoms with Crippen molar-refractivity contribution in [3.8, 4) is 11.4 Å². The van der Waals surface area contributed by atoms with Crippen LogP contribution in [0.15, 0.2) is 36.4 Å². The molecule has 0 saturated heterocycles. The maximum Gasteiger partial charge on any atom is 0.270 e. The van der Waals surface area contributed by atoms with Gasteiger partial charge >= 0.3 is 0 Å². The zero-order valence-electron chi connectivity index (χ0n) is 15.9. The zero-order valence-corrected chi connectivity index (χ0v) is 15.9. The third-order valence-electron chi connectivity index (χ3n) is 3.88. The lowest BCUT2D eigenvalue weighted by molar-refractivity contribution is 0.0932. The van der Waals surface area contributed by atoms with Crippen LogP contribution < -0.4 is 10.2 Å². The first kappa shape index (κ1) is 19.8. The molecule has 6 heteroatoms. The molecule has 0 spiro atoms. The summed E-state index contributed by atoms with van der Waals surface area (Å²) in [5.41, 5.74) is 1.27. The standard InChI is InChI=1S/C20H28N4O2/c1-4-12-24(13-5-2)18-15-17(20(25)21-11-14-26-3)22-19(23-18)16-9-7-6-8-10-16/h6-10,15H,4-5,11-14H2,1-3H3,(H,21,25). The third kappa shape index (κ3) is 5.52. The molecule has 0 aliphatic rings. The van der Waals surface area contributed by atoms with Gasteiger partial charge < -0.3 is 15.0 Å². The Labute approximate surface area is 155 Å². The molecule has 1 amide bonds. The van der Waals surface area contributed by atoms with E-state index in [2.05, 4.69) is 29.0 Å². The second-order valence-corrected chi connectivity index (χ2v) is 6.04. The average Bonchev–Trinajstić information content (AvgIpc) is 2.68. The molecule has 1 aromatic carbocycles. The van der Waals surface area contributed by atoms with Crippen molar-refractivity contribution >= 4 is 11.7 Å². The molecular formula is C20H28N4O2. The van der Waals surface area contributed by atoms with Gasteiger partial charge in [0.25, 0.3) is 5.91 Å². The Morgan fingerprint density at radius 3 is 2.42 bits per heavy atom. The van der Waals surface area contributed by atoms with Crippen molar-refractivity contribution < 1.29 is 9.53 Å². The number of nitrogens with one attached hydrogen (secondary N) is 1. The number of aromatic nitrogens is 2. The van der Waals surface area contributed by atoms with Gasteiger partial charge in [-0.15, -0.1) is 0 Å². The molecule has 0 aliphatic carbocycles. The molecule has 6 nitrogen and oxygen atoms in total. The van der Waals surface area contributed by atoms with Crippen molar-refractivity contribution in [2.45, 2.75) is 26.7 Å². The molecule has 1 heterocycles. The molecule has 26 heavy (non-hydrogen) atoms. The maximum absolute atomic E-state index is 12.5. The van der Waals surface area contributed by atoms with Crippen LogP contribution in [0.4, 0.5) is 5.82 Å². The minimum absolute atomic E-state index is 0.212. The highest BCUT2D eigenvalue weighted by molar-refractivity contribution is 5.93. The van der Waals surface area contributed by atoms with Crippen molar-refractivity contribution in [1.29, 1.82) is 0 Å². The quantitative estimate of drug-likeness (QED) is 0.663. The molecule has 0 saturated carbocycles. The van der Waals surface area contributed by atoms with Crippen molar-refractivity contribution in [2.24, 2.45) is 0 Å². The summed E-state index contributed by atoms with van der Waals surface area (Å²) in [7, 11) is 1.61. The van der Waals surface area contributed by atoms with Crippen LogP contribution in [-0.2, 0) is 4.74 Å². The first-order chi connectivity index (χ1) is 12.7. The van der Waals surface area contributed by atoms with E-state index >= 15 is 0 Å². The second kappa shape index (κ2) is 10.5. The fourth-order valence-corrected chi connectivity index (χ4v) is 2.67. The highest BCUT2D eigenvalue weighted by atomic mass is 16.5. The molecule has 0 fully saturated rings. The van der Waals surface area contributed by atoms with Gasteiger partial charge in [0.2, 0.25) is 0 Å². The SMILES string of the molecule is CCCN(CCC)c1cc(C(=O)NCCOC)nc(-c2ccccc2)n1. The molecular weight excluding hydrogens is 328 g/mol. The molecule has 1 aromatic heterocycles. The molecule has 0 unspecified atom stereocenters. The number of nitrogens with zero attached hydrogens (tertiary/aromatic N) is 3. The highest BCUT2D eigenvalue weighted by Gasteiger charge is 2.16. The number of carbonyl (C=O) groups excluding carboxylic acids is 1. The maximum atomic E-state index is 12.5. The number of hydrogen-bond donors (Lipinski definition) is 1. The number of hydrogen-bond acceptors (Lipinski definition) is 5. The van der Waals surface area contributed by atoms with Crippen LogP contribution in [0.2, 0.25) is 0 Å². The number of ether oxygens (including phenoxy) is 1. The number of carbonyl (C=O) groups is 1. The topological polar surface area (TPSA) is 67.4 Å². The summed E-state index contributed by atoms with van der Waals surface area (Å²) < 4.78 is 4.99. The summed E-state index contributed by atoms with van der Waals surface area (Å²) in [6, 6.07) is 11.5. The lowest BCUT2D eigenvalue weighted by Crippen LogP contribution is -2.30. The van der Waals surface area contributed by atoms with E-state index in [4.69, 9.17) is 9.72 Å². The second-order valence-electron chi connectivity index (χ2n) is 6.04. The van der Waals surface area contributed by atoms with Gasteiger partial charge in [-0.05, 0) is 12.8 Å². The van der Waals surface area contributed by atoms with Crippen molar-refractivity contribution in [3.63, 3.8) is 0 Å². The summed E-state index contributed by atoms with van der Waals surface area (Å²) >= 11 is 0. The summed E-state index contributed by atoms with van der Waals surface area (Å²) in [6.07, 6.45) is 2.03. The Morgan fingerprint density at radius 2 is 1.81 bits per heavy atom. The van der Waals surface area contributed by atoms with Crippen LogP contribution in [0.25, 0.3) is 11.4 Å². The van der Waals surface area contributed by atoms with Crippen molar-refractivity contribution in [2.75, 3.05) is 38.3 Å². The molecule has 1 N–H and O–H groups in total. The van der Waals surface area contributed by atoms with Gasteiger partial charge in [0.15, 0.2) is 5.82 Å². The van der Waals surface area contributed by atoms with E-state index < -0.39 is 0 Å². The molecule has 0 aliphatic heterocycles. The van der Waals surface area contributed by atoms with Gasteiger partial charge in [-0.25, -0.2) is 9.97 Å². The van der Waals surface area contributed by atoms with E-state index in [1.54, 1.807) is 13.2 Å². The fraction of sp³-hybridized carbons (Fsp3) is 0.450. The van der Waals surface area contributed by atoms with Crippen LogP contribution >= 0.6 is 0 Å². The van der Waals surface area contributed by atoms with Crippen LogP contribution in [0, 0.1) is 0 Å². The lowest BCUT2D eigenvalue weighted by atomic mass is 10.2. The van der Waals surface area contributed by atoms with E-state index in [1.165, 1.54) is 0 Å². The van der Waals surface area contributed by atoms with Gasteiger partial charge in [0, 0.05) is 38.4 Å². The van der Waals surface area contributed by atoms with Crippen LogP contribution in [0.5, 0.6) is 0 Å². The normalized spacial score (nSPS) is 10.6. The fourth-order valence-electron chi connectivity index (χ4n) is 2.67. The predicted octanol–water partition coefficient (Wildman–Crippen LogP) is 3.15. The Balaban J connectivity index is 2.40. The van der Waals surface area contributed by atoms with E-state index in [9.17, 15) is 4.79 Å². The summed E-state index contributed by atoms with van der Waals surface area (Å²) in [4.78, 5) is 24.0. The lowest BCUT2D eigenvalue weighted by Gasteiger charge is -2.23. The van der Waals surface area contributed by atoms with Crippen LogP contribution in [0.1, 0.15) is 37.2 Å². The Morgan fingerprint density at radius 1 is 1.12 bits per heavy atom. The number of amides is 1. The summed E-state index contributed by atoms with van der Waals surface area (Å²) in [6.45, 7) is 6.98. The van der Waals surface area contributed by atoms with Crippen molar-refractivity contribution in [1.82, 2.24) is 15.3 Å². The number of rotatable bonds is 10. The van der Waals surface area contributed by atoms with Crippen LogP contribution in [0.3, 0.4) is 0 Å². The molecule has 0 atom stereocenters. The van der Waals surface area contributed by atoms with E-state index in [0.29, 0.717) is 24.7 Å². The molecule has 0 radical (unpaired) electrons. The van der Waals surface area contributed by atoms with Gasteiger partial charge in [0.05, 0.1) is 6.61 Å². The minimum atomic E-state index is -0.212. The van der Waals surface area contributed by atoms with E-state index in [-0.39, 0.29) is 5.91 Å². The highest BCUT2D eigenvalue weighted by Crippen LogP contribution is 2.21. The monoisotopic (exact) mass is 356 g/mol. The largest absolute Gasteiger partial charge is 0.383 e. The Bertz CT molecular complexity index is 685. The van der Waals surface area contributed by atoms with Gasteiger partial charge in [-0.2, -0.15) is 0 Å². The first-order valence-electron chi connectivity index (χ1n) is 9.16. The molecule has 2 aromatic rings. The Kier molecular flexibility index (Phi) is 8.02. The van der Waals surface area contributed by atoms with Crippen molar-refractivity contribution in [3.05, 3.63) is 42.1 Å². The Hall–Kier alpha value is -2.47.